The maximum absolute atomic E-state index is 2.62. The first-order valence-corrected chi connectivity index (χ1v) is 15.0. The fourth-order valence-corrected chi connectivity index (χ4v) is 7.17. The number of nitrogens with zero attached hydrogens (tertiary/aromatic N) is 3. The van der Waals surface area contributed by atoms with Crippen molar-refractivity contribution in [2.45, 2.75) is 47.0 Å². The molecule has 0 amide bonds. The third-order valence-electron chi connectivity index (χ3n) is 9.37. The Labute approximate surface area is 245 Å². The molecule has 4 aromatic rings. The van der Waals surface area contributed by atoms with Gasteiger partial charge in [-0.05, 0) is 74.0 Å². The van der Waals surface area contributed by atoms with E-state index in [0.717, 1.165) is 19.3 Å². The average molecular weight is 538 g/mol. The van der Waals surface area contributed by atoms with Crippen molar-refractivity contribution >= 4 is 24.3 Å². The Balaban J connectivity index is 1.55. The maximum atomic E-state index is 2.62. The third kappa shape index (κ3) is 4.56. The largest absolute Gasteiger partial charge is 0.440 e. The van der Waals surface area contributed by atoms with E-state index in [-0.39, 0.29) is 12.3 Å². The summed E-state index contributed by atoms with van der Waals surface area (Å²) in [5, 5.41) is 0. The number of benzene rings is 2. The summed E-state index contributed by atoms with van der Waals surface area (Å²) in [6, 6.07) is 28.7. The molecule has 204 valence electrons. The summed E-state index contributed by atoms with van der Waals surface area (Å²) in [6.07, 6.45) is 14.4. The minimum absolute atomic E-state index is 0.113. The van der Waals surface area contributed by atoms with E-state index in [9.17, 15) is 0 Å². The highest BCUT2D eigenvalue weighted by Crippen LogP contribution is 2.49. The molecule has 0 saturated carbocycles. The maximum Gasteiger partial charge on any atom is 0.440 e. The van der Waals surface area contributed by atoms with Crippen molar-refractivity contribution in [3.63, 3.8) is 0 Å². The Bertz CT molecular complexity index is 1670. The van der Waals surface area contributed by atoms with Crippen molar-refractivity contribution in [3.8, 4) is 11.3 Å². The number of allylic oxidation sites excluding steroid dienone is 3. The Morgan fingerprint density at radius 3 is 2.27 bits per heavy atom. The zero-order chi connectivity index (χ0) is 28.6. The standard InChI is InChI=1S/C37H40BN3/c1-6-37(7-2)31(26-30-18-8-9-19-32(30)33-20-10-12-24-39(33)5)27-40-25-13-11-22-35(40)41-34(37)21-15-23-38(41)36-28(3)16-14-17-29(36)4/h8-25,27H,6-7,26H2,1-5H3/q+2. The summed E-state index contributed by atoms with van der Waals surface area (Å²) in [7, 11) is 2.14. The highest BCUT2D eigenvalue weighted by molar-refractivity contribution is 6.82. The van der Waals surface area contributed by atoms with Gasteiger partial charge < -0.3 is 0 Å². The molecular formula is C37H40BN3+2. The molecule has 2 aromatic heterocycles. The van der Waals surface area contributed by atoms with Gasteiger partial charge in [0.15, 0.2) is 6.20 Å². The minimum Gasteiger partial charge on any atom is -0.285 e. The molecule has 41 heavy (non-hydrogen) atoms. The lowest BCUT2D eigenvalue weighted by Gasteiger charge is -2.40. The van der Waals surface area contributed by atoms with E-state index >= 15 is 0 Å². The number of rotatable bonds is 6. The number of aromatic nitrogens is 2. The fourth-order valence-electron chi connectivity index (χ4n) is 7.17. The van der Waals surface area contributed by atoms with Gasteiger partial charge in [0.25, 0.3) is 5.82 Å². The molecule has 4 heteroatoms. The molecule has 0 atom stereocenters. The van der Waals surface area contributed by atoms with Crippen LogP contribution in [0.5, 0.6) is 0 Å². The van der Waals surface area contributed by atoms with Crippen LogP contribution in [0.4, 0.5) is 5.82 Å². The van der Waals surface area contributed by atoms with Crippen LogP contribution in [0.1, 0.15) is 43.4 Å². The van der Waals surface area contributed by atoms with Crippen LogP contribution < -0.4 is 19.4 Å². The molecule has 0 saturated heterocycles. The van der Waals surface area contributed by atoms with Crippen LogP contribution in [0.25, 0.3) is 17.5 Å². The smallest absolute Gasteiger partial charge is 0.285 e. The Kier molecular flexibility index (Phi) is 7.25. The molecule has 0 bridgehead atoms. The molecule has 0 unspecified atom stereocenters. The summed E-state index contributed by atoms with van der Waals surface area (Å²) in [5.74, 6) is 3.59. The molecule has 2 aromatic carbocycles. The van der Waals surface area contributed by atoms with Gasteiger partial charge >= 0.3 is 6.85 Å². The quantitative estimate of drug-likeness (QED) is 0.197. The van der Waals surface area contributed by atoms with E-state index in [1.165, 1.54) is 50.5 Å². The van der Waals surface area contributed by atoms with Crippen molar-refractivity contribution < 1.29 is 9.13 Å². The van der Waals surface area contributed by atoms with E-state index in [2.05, 4.69) is 164 Å². The number of fused-ring (bicyclic) bond motifs is 3. The van der Waals surface area contributed by atoms with Gasteiger partial charge in [-0.1, -0.05) is 79.5 Å². The molecule has 4 heterocycles. The van der Waals surface area contributed by atoms with Gasteiger partial charge in [0.05, 0.1) is 23.5 Å². The van der Waals surface area contributed by atoms with E-state index < -0.39 is 0 Å². The van der Waals surface area contributed by atoms with Crippen LogP contribution >= 0.6 is 0 Å². The monoisotopic (exact) mass is 537 g/mol. The van der Waals surface area contributed by atoms with Crippen molar-refractivity contribution in [3.05, 3.63) is 137 Å². The molecule has 0 N–H and O–H groups in total. The van der Waals surface area contributed by atoms with Crippen LogP contribution in [-0.2, 0) is 13.5 Å². The van der Waals surface area contributed by atoms with Crippen LogP contribution in [0.3, 0.4) is 0 Å². The van der Waals surface area contributed by atoms with Gasteiger partial charge in [-0.25, -0.2) is 9.13 Å². The van der Waals surface area contributed by atoms with Crippen LogP contribution in [0, 0.1) is 19.3 Å². The zero-order valence-corrected chi connectivity index (χ0v) is 25.0. The van der Waals surface area contributed by atoms with Crippen molar-refractivity contribution in [2.75, 3.05) is 4.81 Å². The van der Waals surface area contributed by atoms with Gasteiger partial charge in [0.1, 0.15) is 7.05 Å². The molecule has 0 radical (unpaired) electrons. The second-order valence-corrected chi connectivity index (χ2v) is 11.5. The lowest BCUT2D eigenvalue weighted by atomic mass is 9.49. The van der Waals surface area contributed by atoms with Crippen molar-refractivity contribution in [2.24, 2.45) is 12.5 Å². The first-order valence-electron chi connectivity index (χ1n) is 15.0. The topological polar surface area (TPSA) is 11.0 Å². The average Bonchev–Trinajstić information content (AvgIpc) is 3.10. The summed E-state index contributed by atoms with van der Waals surface area (Å²) >= 11 is 0. The van der Waals surface area contributed by atoms with Crippen molar-refractivity contribution in [1.82, 2.24) is 0 Å². The Morgan fingerprint density at radius 2 is 1.51 bits per heavy atom. The normalized spacial score (nSPS) is 15.5. The number of hydrogen-bond donors (Lipinski definition) is 0. The number of pyridine rings is 2. The van der Waals surface area contributed by atoms with Crippen LogP contribution in [-0.4, -0.2) is 6.85 Å². The molecular weight excluding hydrogens is 497 g/mol. The van der Waals surface area contributed by atoms with Gasteiger partial charge in [0.2, 0.25) is 5.69 Å². The van der Waals surface area contributed by atoms with E-state index in [0.29, 0.717) is 0 Å². The molecule has 3 nitrogen and oxygen atoms in total. The molecule has 0 spiro atoms. The lowest BCUT2D eigenvalue weighted by Crippen LogP contribution is -2.55. The highest BCUT2D eigenvalue weighted by atomic mass is 15.2. The fraction of sp³-hybridized carbons (Fsp3) is 0.243. The number of anilines is 1. The number of aryl methyl sites for hydroxylation is 3. The summed E-state index contributed by atoms with van der Waals surface area (Å²) < 4.78 is 4.59. The van der Waals surface area contributed by atoms with Gasteiger partial charge in [-0.2, -0.15) is 0 Å². The third-order valence-corrected chi connectivity index (χ3v) is 9.37. The minimum atomic E-state index is -0.113. The van der Waals surface area contributed by atoms with Crippen LogP contribution in [0.2, 0.25) is 0 Å². The summed E-state index contributed by atoms with van der Waals surface area (Å²) in [5.41, 5.74) is 10.7. The van der Waals surface area contributed by atoms with E-state index in [1.807, 2.05) is 0 Å². The SMILES string of the molecule is CCC1(CC)C(Cc2ccccc2-c2cccc[n+]2C)=C[n+]2ccccc2N2B(c3c(C)cccc3C)C=CC=C21. The lowest BCUT2D eigenvalue weighted by molar-refractivity contribution is -0.660. The van der Waals surface area contributed by atoms with Gasteiger partial charge in [-0.3, -0.25) is 4.81 Å². The molecule has 6 rings (SSSR count). The number of hydrogen-bond acceptors (Lipinski definition) is 1. The molecule has 2 aliphatic rings. The zero-order valence-electron chi connectivity index (χ0n) is 25.0. The molecule has 0 aliphatic carbocycles. The first kappa shape index (κ1) is 27.0. The van der Waals surface area contributed by atoms with Gasteiger partial charge in [-0.15, -0.1) is 0 Å². The second-order valence-electron chi connectivity index (χ2n) is 11.5. The Morgan fingerprint density at radius 1 is 0.805 bits per heavy atom. The highest BCUT2D eigenvalue weighted by Gasteiger charge is 2.50. The van der Waals surface area contributed by atoms with E-state index in [4.69, 9.17) is 0 Å². The first-order chi connectivity index (χ1) is 20.0. The van der Waals surface area contributed by atoms with Crippen LogP contribution in [0.15, 0.2) is 121 Å². The Hall–Kier alpha value is -4.18. The van der Waals surface area contributed by atoms with E-state index in [1.54, 1.807) is 0 Å². The predicted molar refractivity (Wildman–Crippen MR) is 172 cm³/mol. The predicted octanol–water partition coefficient (Wildman–Crippen LogP) is 6.68. The van der Waals surface area contributed by atoms with Gasteiger partial charge in [0, 0.05) is 23.8 Å². The second kappa shape index (κ2) is 11.0. The van der Waals surface area contributed by atoms with Crippen molar-refractivity contribution in [1.29, 1.82) is 0 Å². The molecule has 0 fully saturated rings. The summed E-state index contributed by atoms with van der Waals surface area (Å²) in [4.78, 5) is 2.62. The molecule has 2 aliphatic heterocycles. The summed E-state index contributed by atoms with van der Waals surface area (Å²) in [6.45, 7) is 9.37.